The van der Waals surface area contributed by atoms with Crippen molar-refractivity contribution in [2.45, 2.75) is 25.3 Å². The van der Waals surface area contributed by atoms with Gasteiger partial charge in [-0.2, -0.15) is 5.10 Å². The number of carbonyl (C=O) groups is 1. The van der Waals surface area contributed by atoms with Crippen LogP contribution in [0.25, 0.3) is 9.88 Å². The highest BCUT2D eigenvalue weighted by molar-refractivity contribution is 7.20. The van der Waals surface area contributed by atoms with Crippen molar-refractivity contribution in [3.63, 3.8) is 0 Å². The van der Waals surface area contributed by atoms with E-state index in [-0.39, 0.29) is 11.9 Å². The molecule has 1 aliphatic heterocycles. The Balaban J connectivity index is 1.33. The van der Waals surface area contributed by atoms with E-state index < -0.39 is 0 Å². The number of aromatic amines is 1. The van der Waals surface area contributed by atoms with Gasteiger partial charge >= 0.3 is 6.03 Å². The van der Waals surface area contributed by atoms with Gasteiger partial charge in [0.25, 0.3) is 0 Å². The minimum Gasteiger partial charge on any atom is -0.332 e. The lowest BCUT2D eigenvalue weighted by atomic mass is 9.98. The van der Waals surface area contributed by atoms with Gasteiger partial charge in [0, 0.05) is 24.4 Å². The number of rotatable bonds is 4. The molecular formula is C16H18N6OS2. The molecular weight excluding hydrogens is 356 g/mol. The summed E-state index contributed by atoms with van der Waals surface area (Å²) in [6, 6.07) is 4.03. The van der Waals surface area contributed by atoms with E-state index in [0.717, 1.165) is 40.8 Å². The van der Waals surface area contributed by atoms with Crippen LogP contribution in [0.4, 0.5) is 4.79 Å². The van der Waals surface area contributed by atoms with Crippen LogP contribution in [0.5, 0.6) is 0 Å². The van der Waals surface area contributed by atoms with Gasteiger partial charge in [0.2, 0.25) is 0 Å². The Morgan fingerprint density at radius 3 is 3.20 bits per heavy atom. The van der Waals surface area contributed by atoms with E-state index in [4.69, 9.17) is 0 Å². The summed E-state index contributed by atoms with van der Waals surface area (Å²) in [5.74, 6) is 1.09. The third kappa shape index (κ3) is 3.72. The minimum absolute atomic E-state index is 0.0464. The number of likely N-dealkylation sites (tertiary alicyclic amines) is 1. The largest absolute Gasteiger partial charge is 0.332 e. The molecule has 0 aliphatic carbocycles. The van der Waals surface area contributed by atoms with E-state index in [2.05, 4.69) is 31.5 Å². The van der Waals surface area contributed by atoms with Crippen molar-refractivity contribution >= 4 is 28.7 Å². The third-order valence-corrected chi connectivity index (χ3v) is 6.16. The van der Waals surface area contributed by atoms with Gasteiger partial charge in [-0.05, 0) is 24.3 Å². The second-order valence-electron chi connectivity index (χ2n) is 5.94. The number of hydrogen-bond donors (Lipinski definition) is 2. The van der Waals surface area contributed by atoms with Crippen molar-refractivity contribution in [2.24, 2.45) is 0 Å². The molecule has 0 unspecified atom stereocenters. The number of nitrogens with one attached hydrogen (secondary N) is 2. The maximum Gasteiger partial charge on any atom is 0.317 e. The van der Waals surface area contributed by atoms with Crippen molar-refractivity contribution in [3.05, 3.63) is 40.7 Å². The Hall–Kier alpha value is -2.26. The quantitative estimate of drug-likeness (QED) is 0.735. The standard InChI is InChI=1S/C16H18N6OS2/c23-16(22-5-1-3-11(8-22)14-18-10-19-21-14)17-7-12-9-25-15(20-12)13-4-2-6-24-13/h2,4,6,9-11H,1,3,5,7-8H2,(H,17,23)(H,18,19,21)/t11-/m1/s1. The predicted octanol–water partition coefficient (Wildman–Crippen LogP) is 3.08. The predicted molar refractivity (Wildman–Crippen MR) is 97.6 cm³/mol. The molecule has 9 heteroatoms. The van der Waals surface area contributed by atoms with Gasteiger partial charge in [0.15, 0.2) is 0 Å². The SMILES string of the molecule is O=C(NCc1csc(-c2cccs2)n1)N1CCC[C@@H](c2ncn[nH]2)C1. The number of urea groups is 1. The Bertz CT molecular complexity index is 814. The van der Waals surface area contributed by atoms with Crippen LogP contribution in [-0.2, 0) is 6.54 Å². The van der Waals surface area contributed by atoms with Crippen molar-refractivity contribution in [1.82, 2.24) is 30.4 Å². The van der Waals surface area contributed by atoms with Crippen LogP contribution in [0.2, 0.25) is 0 Å². The van der Waals surface area contributed by atoms with Crippen LogP contribution in [0.3, 0.4) is 0 Å². The minimum atomic E-state index is -0.0464. The molecule has 3 aromatic heterocycles. The molecule has 0 radical (unpaired) electrons. The second-order valence-corrected chi connectivity index (χ2v) is 7.74. The fraction of sp³-hybridized carbons (Fsp3) is 0.375. The zero-order chi connectivity index (χ0) is 17.1. The van der Waals surface area contributed by atoms with Gasteiger partial charge in [0.05, 0.1) is 17.1 Å². The lowest BCUT2D eigenvalue weighted by Crippen LogP contribution is -2.44. The van der Waals surface area contributed by atoms with E-state index in [1.807, 2.05) is 21.7 Å². The molecule has 3 aromatic rings. The molecule has 1 fully saturated rings. The summed E-state index contributed by atoms with van der Waals surface area (Å²) in [4.78, 5) is 24.3. The zero-order valence-corrected chi connectivity index (χ0v) is 15.1. The average molecular weight is 374 g/mol. The van der Waals surface area contributed by atoms with Crippen LogP contribution in [-0.4, -0.2) is 44.2 Å². The Labute approximate surface area is 153 Å². The molecule has 1 aliphatic rings. The molecule has 2 N–H and O–H groups in total. The van der Waals surface area contributed by atoms with Gasteiger partial charge < -0.3 is 10.2 Å². The molecule has 1 atom stereocenters. The fourth-order valence-electron chi connectivity index (χ4n) is 2.98. The second kappa shape index (κ2) is 7.32. The summed E-state index contributed by atoms with van der Waals surface area (Å²) >= 11 is 3.28. The molecule has 4 rings (SSSR count). The molecule has 0 aromatic carbocycles. The molecule has 1 saturated heterocycles. The van der Waals surface area contributed by atoms with Crippen LogP contribution in [0.15, 0.2) is 29.2 Å². The lowest BCUT2D eigenvalue weighted by Gasteiger charge is -2.31. The third-order valence-electron chi connectivity index (χ3n) is 4.23. The normalized spacial score (nSPS) is 17.6. The summed E-state index contributed by atoms with van der Waals surface area (Å²) in [5.41, 5.74) is 0.894. The molecule has 2 amide bonds. The first kappa shape index (κ1) is 16.2. The van der Waals surface area contributed by atoms with Crippen molar-refractivity contribution in [1.29, 1.82) is 0 Å². The van der Waals surface area contributed by atoms with Gasteiger partial charge in [-0.25, -0.2) is 14.8 Å². The molecule has 0 spiro atoms. The van der Waals surface area contributed by atoms with Crippen molar-refractivity contribution < 1.29 is 4.79 Å². The van der Waals surface area contributed by atoms with E-state index in [1.54, 1.807) is 22.7 Å². The number of H-pyrrole nitrogens is 1. The van der Waals surface area contributed by atoms with Crippen molar-refractivity contribution in [2.75, 3.05) is 13.1 Å². The molecule has 0 bridgehead atoms. The van der Waals surface area contributed by atoms with E-state index in [9.17, 15) is 4.79 Å². The Kier molecular flexibility index (Phi) is 4.75. The highest BCUT2D eigenvalue weighted by atomic mass is 32.1. The maximum absolute atomic E-state index is 12.5. The summed E-state index contributed by atoms with van der Waals surface area (Å²) in [6.45, 7) is 1.89. The number of nitrogens with zero attached hydrogens (tertiary/aromatic N) is 4. The first-order chi connectivity index (χ1) is 12.3. The number of hydrogen-bond acceptors (Lipinski definition) is 6. The van der Waals surface area contributed by atoms with Crippen LogP contribution < -0.4 is 5.32 Å². The first-order valence-corrected chi connectivity index (χ1v) is 9.92. The van der Waals surface area contributed by atoms with E-state index in [0.29, 0.717) is 13.1 Å². The number of thiazole rings is 1. The lowest BCUT2D eigenvalue weighted by molar-refractivity contribution is 0.178. The first-order valence-electron chi connectivity index (χ1n) is 8.16. The zero-order valence-electron chi connectivity index (χ0n) is 13.5. The fourth-order valence-corrected chi connectivity index (χ4v) is 4.61. The Morgan fingerprint density at radius 2 is 2.40 bits per heavy atom. The monoisotopic (exact) mass is 374 g/mol. The molecule has 130 valence electrons. The van der Waals surface area contributed by atoms with Gasteiger partial charge in [-0.1, -0.05) is 6.07 Å². The van der Waals surface area contributed by atoms with Crippen LogP contribution in [0, 0.1) is 0 Å². The number of thiophene rings is 1. The van der Waals surface area contributed by atoms with E-state index in [1.165, 1.54) is 6.33 Å². The molecule has 25 heavy (non-hydrogen) atoms. The molecule has 4 heterocycles. The number of carbonyl (C=O) groups excluding carboxylic acids is 1. The van der Waals surface area contributed by atoms with Gasteiger partial charge in [-0.3, -0.25) is 5.10 Å². The van der Waals surface area contributed by atoms with Crippen LogP contribution in [0.1, 0.15) is 30.3 Å². The number of piperidine rings is 1. The summed E-state index contributed by atoms with van der Waals surface area (Å²) in [7, 11) is 0. The number of aromatic nitrogens is 4. The van der Waals surface area contributed by atoms with E-state index >= 15 is 0 Å². The number of amides is 2. The molecule has 7 nitrogen and oxygen atoms in total. The summed E-state index contributed by atoms with van der Waals surface area (Å²) in [5, 5.41) is 14.8. The molecule has 0 saturated carbocycles. The Morgan fingerprint density at radius 1 is 1.44 bits per heavy atom. The van der Waals surface area contributed by atoms with Gasteiger partial charge in [-0.15, -0.1) is 22.7 Å². The van der Waals surface area contributed by atoms with Crippen molar-refractivity contribution in [3.8, 4) is 9.88 Å². The van der Waals surface area contributed by atoms with Gasteiger partial charge in [0.1, 0.15) is 17.2 Å². The summed E-state index contributed by atoms with van der Waals surface area (Å²) < 4.78 is 0. The maximum atomic E-state index is 12.5. The highest BCUT2D eigenvalue weighted by Gasteiger charge is 2.26. The smallest absolute Gasteiger partial charge is 0.317 e. The average Bonchev–Trinajstić information content (AvgIpc) is 3.42. The summed E-state index contributed by atoms with van der Waals surface area (Å²) in [6.07, 6.45) is 3.51. The highest BCUT2D eigenvalue weighted by Crippen LogP contribution is 2.28. The van der Waals surface area contributed by atoms with Crippen LogP contribution >= 0.6 is 22.7 Å². The topological polar surface area (TPSA) is 86.8 Å².